The second kappa shape index (κ2) is 6.79. The van der Waals surface area contributed by atoms with Gasteiger partial charge in [-0.15, -0.1) is 0 Å². The molecular weight excluding hydrogens is 317 g/mol. The van der Waals surface area contributed by atoms with E-state index >= 15 is 0 Å². The van der Waals surface area contributed by atoms with Crippen molar-refractivity contribution in [2.75, 3.05) is 19.6 Å². The minimum Gasteiger partial charge on any atom is -0.350 e. The van der Waals surface area contributed by atoms with E-state index in [0.29, 0.717) is 23.7 Å². The number of amides is 1. The summed E-state index contributed by atoms with van der Waals surface area (Å²) >= 11 is 0. The first-order chi connectivity index (χ1) is 11.8. The van der Waals surface area contributed by atoms with Crippen LogP contribution >= 0.6 is 0 Å². The van der Waals surface area contributed by atoms with Crippen LogP contribution in [-0.2, 0) is 0 Å². The van der Waals surface area contributed by atoms with Gasteiger partial charge < -0.3 is 10.3 Å². The van der Waals surface area contributed by atoms with Crippen molar-refractivity contribution in [2.45, 2.75) is 46.1 Å². The number of benzene rings is 1. The van der Waals surface area contributed by atoms with Crippen LogP contribution in [0, 0.1) is 18.7 Å². The van der Waals surface area contributed by atoms with E-state index in [1.807, 2.05) is 6.92 Å². The maximum Gasteiger partial charge on any atom is 0.267 e. The minimum atomic E-state index is -0.292. The summed E-state index contributed by atoms with van der Waals surface area (Å²) in [5.41, 5.74) is 1.88. The Bertz CT molecular complexity index is 781. The van der Waals surface area contributed by atoms with Gasteiger partial charge in [0.05, 0.1) is 0 Å². The molecule has 1 fully saturated rings. The van der Waals surface area contributed by atoms with Crippen LogP contribution in [0.5, 0.6) is 0 Å². The number of likely N-dealkylation sites (tertiary alicyclic amines) is 1. The SMILES string of the molecule is Cc1cc(F)cc2[nH]c(C(=O)NCC(C)(C)N3CCC[C@H](C)C3)cc12. The van der Waals surface area contributed by atoms with Gasteiger partial charge in [0, 0.05) is 29.5 Å². The van der Waals surface area contributed by atoms with Crippen LogP contribution in [0.3, 0.4) is 0 Å². The molecule has 0 radical (unpaired) electrons. The molecule has 0 unspecified atom stereocenters. The largest absolute Gasteiger partial charge is 0.350 e. The normalized spacial score (nSPS) is 19.3. The lowest BCUT2D eigenvalue weighted by molar-refractivity contribution is 0.0656. The zero-order chi connectivity index (χ0) is 18.2. The minimum absolute atomic E-state index is 0.0849. The Morgan fingerprint density at radius 2 is 2.16 bits per heavy atom. The van der Waals surface area contributed by atoms with E-state index < -0.39 is 0 Å². The molecule has 4 nitrogen and oxygen atoms in total. The van der Waals surface area contributed by atoms with Crippen LogP contribution in [0.15, 0.2) is 18.2 Å². The molecule has 5 heteroatoms. The molecule has 1 aromatic carbocycles. The van der Waals surface area contributed by atoms with Crippen molar-refractivity contribution in [3.63, 3.8) is 0 Å². The number of hydrogen-bond donors (Lipinski definition) is 2. The molecule has 0 spiro atoms. The molecule has 3 rings (SSSR count). The average Bonchev–Trinajstić information content (AvgIpc) is 2.97. The lowest BCUT2D eigenvalue weighted by Crippen LogP contribution is -2.54. The number of rotatable bonds is 4. The monoisotopic (exact) mass is 345 g/mol. The van der Waals surface area contributed by atoms with Gasteiger partial charge >= 0.3 is 0 Å². The number of H-pyrrole nitrogens is 1. The Hall–Kier alpha value is -1.88. The van der Waals surface area contributed by atoms with Crippen molar-refractivity contribution in [1.29, 1.82) is 0 Å². The second-order valence-corrected chi connectivity index (χ2v) is 8.06. The molecule has 1 aliphatic heterocycles. The van der Waals surface area contributed by atoms with Gasteiger partial charge in [-0.25, -0.2) is 4.39 Å². The highest BCUT2D eigenvalue weighted by molar-refractivity contribution is 5.98. The van der Waals surface area contributed by atoms with E-state index in [4.69, 9.17) is 0 Å². The molecule has 1 atom stereocenters. The van der Waals surface area contributed by atoms with Crippen LogP contribution in [0.2, 0.25) is 0 Å². The standard InChI is InChI=1S/C20H28FN3O/c1-13-6-5-7-24(11-13)20(3,4)12-22-19(25)18-10-16-14(2)8-15(21)9-17(16)23-18/h8-10,13,23H,5-7,11-12H2,1-4H3,(H,22,25)/t13-/m0/s1. The number of hydrogen-bond acceptors (Lipinski definition) is 2. The van der Waals surface area contributed by atoms with Crippen molar-refractivity contribution in [2.24, 2.45) is 5.92 Å². The third-order valence-electron chi connectivity index (χ3n) is 5.35. The predicted octanol–water partition coefficient (Wildman–Crippen LogP) is 3.86. The number of carbonyl (C=O) groups excluding carboxylic acids is 1. The van der Waals surface area contributed by atoms with E-state index in [1.54, 1.807) is 6.07 Å². The van der Waals surface area contributed by atoms with E-state index in [9.17, 15) is 9.18 Å². The quantitative estimate of drug-likeness (QED) is 0.884. The summed E-state index contributed by atoms with van der Waals surface area (Å²) in [5, 5.41) is 3.93. The number of aromatic amines is 1. The van der Waals surface area contributed by atoms with Gasteiger partial charge in [-0.05, 0) is 69.8 Å². The molecule has 1 saturated heterocycles. The molecule has 2 aromatic rings. The smallest absolute Gasteiger partial charge is 0.267 e. The van der Waals surface area contributed by atoms with Crippen molar-refractivity contribution in [3.05, 3.63) is 35.3 Å². The molecule has 136 valence electrons. The van der Waals surface area contributed by atoms with Gasteiger partial charge in [-0.1, -0.05) is 6.92 Å². The number of aromatic nitrogens is 1. The Morgan fingerprint density at radius 1 is 1.40 bits per heavy atom. The summed E-state index contributed by atoms with van der Waals surface area (Å²) < 4.78 is 13.5. The second-order valence-electron chi connectivity index (χ2n) is 8.06. The molecule has 1 aromatic heterocycles. The molecule has 0 saturated carbocycles. The lowest BCUT2D eigenvalue weighted by Gasteiger charge is -2.43. The van der Waals surface area contributed by atoms with Gasteiger partial charge in [0.25, 0.3) is 5.91 Å². The van der Waals surface area contributed by atoms with E-state index in [0.717, 1.165) is 24.0 Å². The fourth-order valence-electron chi connectivity index (χ4n) is 3.74. The maximum absolute atomic E-state index is 13.5. The maximum atomic E-state index is 13.5. The summed E-state index contributed by atoms with van der Waals surface area (Å²) in [4.78, 5) is 18.0. The van der Waals surface area contributed by atoms with Crippen molar-refractivity contribution < 1.29 is 9.18 Å². The highest BCUT2D eigenvalue weighted by Crippen LogP contribution is 2.24. The van der Waals surface area contributed by atoms with Gasteiger partial charge in [0.1, 0.15) is 11.5 Å². The molecule has 1 amide bonds. The van der Waals surface area contributed by atoms with Crippen LogP contribution in [-0.4, -0.2) is 41.0 Å². The Kier molecular flexibility index (Phi) is 4.87. The molecular formula is C20H28FN3O. The van der Waals surface area contributed by atoms with E-state index in [1.165, 1.54) is 25.0 Å². The van der Waals surface area contributed by atoms with Gasteiger partial charge in [0.2, 0.25) is 0 Å². The third kappa shape index (κ3) is 3.87. The van der Waals surface area contributed by atoms with E-state index in [2.05, 4.69) is 36.0 Å². The topological polar surface area (TPSA) is 48.1 Å². The summed E-state index contributed by atoms with van der Waals surface area (Å²) in [7, 11) is 0. The first-order valence-electron chi connectivity index (χ1n) is 9.08. The third-order valence-corrected chi connectivity index (χ3v) is 5.35. The molecule has 2 N–H and O–H groups in total. The van der Waals surface area contributed by atoms with Gasteiger partial charge in [-0.2, -0.15) is 0 Å². The van der Waals surface area contributed by atoms with E-state index in [-0.39, 0.29) is 17.3 Å². The number of fused-ring (bicyclic) bond motifs is 1. The number of piperidine rings is 1. The summed E-state index contributed by atoms with van der Waals surface area (Å²) in [6.45, 7) is 11.2. The first-order valence-corrected chi connectivity index (χ1v) is 9.08. The fourth-order valence-corrected chi connectivity index (χ4v) is 3.74. The van der Waals surface area contributed by atoms with Crippen molar-refractivity contribution in [3.8, 4) is 0 Å². The van der Waals surface area contributed by atoms with Crippen LogP contribution < -0.4 is 5.32 Å². The van der Waals surface area contributed by atoms with Crippen LogP contribution in [0.1, 0.15) is 49.7 Å². The number of carbonyl (C=O) groups is 1. The summed E-state index contributed by atoms with van der Waals surface area (Å²) in [5.74, 6) is 0.267. The highest BCUT2D eigenvalue weighted by atomic mass is 19.1. The molecule has 25 heavy (non-hydrogen) atoms. The van der Waals surface area contributed by atoms with Crippen molar-refractivity contribution >= 4 is 16.8 Å². The van der Waals surface area contributed by atoms with Gasteiger partial charge in [0.15, 0.2) is 0 Å². The molecule has 0 aliphatic carbocycles. The molecule has 1 aliphatic rings. The van der Waals surface area contributed by atoms with Crippen LogP contribution in [0.25, 0.3) is 10.9 Å². The molecule has 2 heterocycles. The zero-order valence-electron chi connectivity index (χ0n) is 15.6. The predicted molar refractivity (Wildman–Crippen MR) is 99.4 cm³/mol. The number of halogens is 1. The Morgan fingerprint density at radius 3 is 2.88 bits per heavy atom. The fraction of sp³-hybridized carbons (Fsp3) is 0.550. The van der Waals surface area contributed by atoms with Crippen LogP contribution in [0.4, 0.5) is 4.39 Å². The Labute approximate surface area is 148 Å². The molecule has 0 bridgehead atoms. The number of aryl methyl sites for hydroxylation is 1. The summed E-state index contributed by atoms with van der Waals surface area (Å²) in [6.07, 6.45) is 2.50. The zero-order valence-corrected chi connectivity index (χ0v) is 15.6. The highest BCUT2D eigenvalue weighted by Gasteiger charge is 2.30. The van der Waals surface area contributed by atoms with Gasteiger partial charge in [-0.3, -0.25) is 9.69 Å². The number of nitrogens with one attached hydrogen (secondary N) is 2. The first kappa shape index (κ1) is 17.9. The average molecular weight is 345 g/mol. The summed E-state index contributed by atoms with van der Waals surface area (Å²) in [6, 6.07) is 4.71. The van der Waals surface area contributed by atoms with Crippen molar-refractivity contribution in [1.82, 2.24) is 15.2 Å². The Balaban J connectivity index is 1.69. The number of nitrogens with zero attached hydrogens (tertiary/aromatic N) is 1. The lowest BCUT2D eigenvalue weighted by atomic mass is 9.93.